The van der Waals surface area contributed by atoms with Gasteiger partial charge < -0.3 is 0 Å². The van der Waals surface area contributed by atoms with Gasteiger partial charge in [-0.25, -0.2) is 9.97 Å². The highest BCUT2D eigenvalue weighted by Gasteiger charge is 2.20. The maximum Gasteiger partial charge on any atom is 0.231 e. The topological polar surface area (TPSA) is 54.9 Å². The highest BCUT2D eigenvalue weighted by molar-refractivity contribution is 6.29. The molecule has 0 aliphatic heterocycles. The summed E-state index contributed by atoms with van der Waals surface area (Å²) >= 11 is 5.84. The number of amides is 1. The molecule has 5 heteroatoms. The third-order valence-electron chi connectivity index (χ3n) is 3.28. The van der Waals surface area contributed by atoms with Crippen molar-refractivity contribution in [3.05, 3.63) is 16.9 Å². The van der Waals surface area contributed by atoms with Crippen molar-refractivity contribution in [2.45, 2.75) is 45.4 Å². The van der Waals surface area contributed by atoms with Crippen molar-refractivity contribution in [3.8, 4) is 0 Å². The summed E-state index contributed by atoms with van der Waals surface area (Å²) in [7, 11) is 0. The van der Waals surface area contributed by atoms with Gasteiger partial charge in [-0.1, -0.05) is 37.3 Å². The van der Waals surface area contributed by atoms with Gasteiger partial charge in [0.1, 0.15) is 5.15 Å². The first-order chi connectivity index (χ1) is 8.65. The number of aromatic nitrogens is 2. The molecule has 0 radical (unpaired) electrons. The summed E-state index contributed by atoms with van der Waals surface area (Å²) in [5.41, 5.74) is 0.756. The van der Waals surface area contributed by atoms with Gasteiger partial charge in [-0.2, -0.15) is 0 Å². The van der Waals surface area contributed by atoms with Crippen molar-refractivity contribution < 1.29 is 4.79 Å². The molecule has 4 nitrogen and oxygen atoms in total. The number of carbonyl (C=O) groups is 1. The van der Waals surface area contributed by atoms with E-state index >= 15 is 0 Å². The van der Waals surface area contributed by atoms with Gasteiger partial charge >= 0.3 is 0 Å². The molecule has 0 bridgehead atoms. The molecular weight excluding hydrogens is 250 g/mol. The predicted molar refractivity (Wildman–Crippen MR) is 71.6 cm³/mol. The summed E-state index contributed by atoms with van der Waals surface area (Å²) in [5, 5.41) is 3.14. The van der Waals surface area contributed by atoms with E-state index in [0.29, 0.717) is 11.1 Å². The van der Waals surface area contributed by atoms with Gasteiger partial charge in [0.25, 0.3) is 0 Å². The fourth-order valence-electron chi connectivity index (χ4n) is 2.34. The zero-order chi connectivity index (χ0) is 13.0. The summed E-state index contributed by atoms with van der Waals surface area (Å²) < 4.78 is 0. The summed E-state index contributed by atoms with van der Waals surface area (Å²) in [6, 6.07) is 1.67. The van der Waals surface area contributed by atoms with Crippen molar-refractivity contribution in [2.75, 3.05) is 5.32 Å². The largest absolute Gasteiger partial charge is 0.294 e. The second-order valence-electron chi connectivity index (χ2n) is 4.83. The second-order valence-corrected chi connectivity index (χ2v) is 5.22. The predicted octanol–water partition coefficient (Wildman–Crippen LogP) is 3.35. The van der Waals surface area contributed by atoms with Crippen LogP contribution in [0.25, 0.3) is 0 Å². The number of nitrogens with one attached hydrogen (secondary N) is 1. The fraction of sp³-hybridized carbons (Fsp3) is 0.615. The molecule has 0 unspecified atom stereocenters. The number of rotatable bonds is 2. The Kier molecular flexibility index (Phi) is 4.53. The molecule has 1 heterocycles. The Balaban J connectivity index is 2.01. The average Bonchev–Trinajstić information content (AvgIpc) is 2.55. The van der Waals surface area contributed by atoms with Crippen LogP contribution in [0.4, 0.5) is 5.95 Å². The van der Waals surface area contributed by atoms with E-state index in [1.807, 2.05) is 6.92 Å². The first-order valence-corrected chi connectivity index (χ1v) is 6.85. The maximum absolute atomic E-state index is 12.1. The minimum atomic E-state index is 0.0265. The van der Waals surface area contributed by atoms with Crippen LogP contribution in [0.5, 0.6) is 0 Å². The van der Waals surface area contributed by atoms with Crippen molar-refractivity contribution >= 4 is 23.5 Å². The minimum Gasteiger partial charge on any atom is -0.294 e. The fourth-order valence-corrected chi connectivity index (χ4v) is 2.58. The zero-order valence-electron chi connectivity index (χ0n) is 10.6. The van der Waals surface area contributed by atoms with Crippen molar-refractivity contribution in [2.24, 2.45) is 5.92 Å². The van der Waals surface area contributed by atoms with E-state index < -0.39 is 0 Å². The van der Waals surface area contributed by atoms with E-state index in [9.17, 15) is 4.79 Å². The highest BCUT2D eigenvalue weighted by atomic mass is 35.5. The van der Waals surface area contributed by atoms with Crippen LogP contribution in [0.15, 0.2) is 6.07 Å². The van der Waals surface area contributed by atoms with E-state index in [-0.39, 0.29) is 11.8 Å². The Hall–Kier alpha value is -1.16. The van der Waals surface area contributed by atoms with Crippen LogP contribution in [-0.2, 0) is 4.79 Å². The molecule has 1 saturated carbocycles. The summed E-state index contributed by atoms with van der Waals surface area (Å²) in [6.45, 7) is 1.83. The molecule has 18 heavy (non-hydrogen) atoms. The standard InChI is InChI=1S/C13H18ClN3O/c1-9-8-11(14)16-13(15-9)17-12(18)10-6-4-2-3-5-7-10/h8,10H,2-7H2,1H3,(H,15,16,17,18). The molecule has 1 aromatic rings. The van der Waals surface area contributed by atoms with E-state index in [0.717, 1.165) is 31.4 Å². The third-order valence-corrected chi connectivity index (χ3v) is 3.48. The van der Waals surface area contributed by atoms with E-state index in [4.69, 9.17) is 11.6 Å². The average molecular weight is 268 g/mol. The number of carbonyl (C=O) groups excluding carboxylic acids is 1. The van der Waals surface area contributed by atoms with E-state index in [2.05, 4.69) is 15.3 Å². The Bertz CT molecular complexity index is 408. The first kappa shape index (κ1) is 13.3. The maximum atomic E-state index is 12.1. The van der Waals surface area contributed by atoms with Crippen LogP contribution in [0.2, 0.25) is 5.15 Å². The van der Waals surface area contributed by atoms with Crippen LogP contribution in [0, 0.1) is 12.8 Å². The molecule has 1 aliphatic carbocycles. The molecular formula is C13H18ClN3O. The molecule has 1 N–H and O–H groups in total. The van der Waals surface area contributed by atoms with Gasteiger partial charge in [0.05, 0.1) is 0 Å². The van der Waals surface area contributed by atoms with E-state index in [1.54, 1.807) is 6.07 Å². The number of anilines is 1. The van der Waals surface area contributed by atoms with Gasteiger partial charge in [0.2, 0.25) is 11.9 Å². The summed E-state index contributed by atoms with van der Waals surface area (Å²) in [6.07, 6.45) is 6.66. The molecule has 0 spiro atoms. The van der Waals surface area contributed by atoms with Crippen molar-refractivity contribution in [1.29, 1.82) is 0 Å². The van der Waals surface area contributed by atoms with Gasteiger partial charge in [0, 0.05) is 11.6 Å². The molecule has 2 rings (SSSR count). The van der Waals surface area contributed by atoms with Gasteiger partial charge in [-0.3, -0.25) is 10.1 Å². The Morgan fingerprint density at radius 3 is 2.56 bits per heavy atom. The molecule has 0 atom stereocenters. The molecule has 0 saturated heterocycles. The Morgan fingerprint density at radius 1 is 1.28 bits per heavy atom. The normalized spacial score (nSPS) is 17.2. The van der Waals surface area contributed by atoms with Gasteiger partial charge in [0.15, 0.2) is 0 Å². The van der Waals surface area contributed by atoms with Crippen LogP contribution in [0.3, 0.4) is 0 Å². The SMILES string of the molecule is Cc1cc(Cl)nc(NC(=O)C2CCCCCC2)n1. The monoisotopic (exact) mass is 267 g/mol. The number of aryl methyl sites for hydroxylation is 1. The zero-order valence-corrected chi connectivity index (χ0v) is 11.3. The number of nitrogens with zero attached hydrogens (tertiary/aromatic N) is 2. The Morgan fingerprint density at radius 2 is 1.94 bits per heavy atom. The van der Waals surface area contributed by atoms with Crippen LogP contribution < -0.4 is 5.32 Å². The Labute approximate surface area is 112 Å². The lowest BCUT2D eigenvalue weighted by Gasteiger charge is -2.13. The molecule has 1 fully saturated rings. The smallest absolute Gasteiger partial charge is 0.231 e. The quantitative estimate of drug-likeness (QED) is 0.660. The molecule has 1 aromatic heterocycles. The third kappa shape index (κ3) is 3.67. The van der Waals surface area contributed by atoms with Gasteiger partial charge in [-0.05, 0) is 25.8 Å². The molecule has 98 valence electrons. The van der Waals surface area contributed by atoms with Crippen LogP contribution >= 0.6 is 11.6 Å². The molecule has 0 aromatic carbocycles. The number of hydrogen-bond donors (Lipinski definition) is 1. The minimum absolute atomic E-state index is 0.0265. The van der Waals surface area contributed by atoms with Gasteiger partial charge in [-0.15, -0.1) is 0 Å². The first-order valence-electron chi connectivity index (χ1n) is 6.47. The van der Waals surface area contributed by atoms with Crippen LogP contribution in [-0.4, -0.2) is 15.9 Å². The second kappa shape index (κ2) is 6.14. The molecule has 1 amide bonds. The van der Waals surface area contributed by atoms with Crippen LogP contribution in [0.1, 0.15) is 44.2 Å². The van der Waals surface area contributed by atoms with Crippen molar-refractivity contribution in [3.63, 3.8) is 0 Å². The number of hydrogen-bond acceptors (Lipinski definition) is 3. The van der Waals surface area contributed by atoms with Crippen molar-refractivity contribution in [1.82, 2.24) is 9.97 Å². The lowest BCUT2D eigenvalue weighted by atomic mass is 10.00. The summed E-state index contributed by atoms with van der Waals surface area (Å²) in [5.74, 6) is 0.434. The highest BCUT2D eigenvalue weighted by Crippen LogP contribution is 2.23. The summed E-state index contributed by atoms with van der Waals surface area (Å²) in [4.78, 5) is 20.3. The lowest BCUT2D eigenvalue weighted by Crippen LogP contribution is -2.23. The number of halogens is 1. The lowest BCUT2D eigenvalue weighted by molar-refractivity contribution is -0.120. The molecule has 1 aliphatic rings. The van der Waals surface area contributed by atoms with E-state index in [1.165, 1.54) is 12.8 Å².